The standard InChI is InChI=1S/C17H28N2S.C3H8/c1-17(2,3)20-14-13-18-9-11-19(12-10-18)15-16-7-5-4-6-8-16;1-3-2/h4-8H,9-15H2,1-3H3;3H2,1-2H3. The van der Waals surface area contributed by atoms with E-state index in [1.54, 1.807) is 0 Å². The van der Waals surface area contributed by atoms with Crippen LogP contribution < -0.4 is 0 Å². The molecule has 3 heteroatoms. The molecule has 0 radical (unpaired) electrons. The molecule has 0 atom stereocenters. The van der Waals surface area contributed by atoms with Crippen molar-refractivity contribution in [3.05, 3.63) is 35.9 Å². The fraction of sp³-hybridized carbons (Fsp3) is 0.700. The highest BCUT2D eigenvalue weighted by atomic mass is 32.2. The van der Waals surface area contributed by atoms with Crippen LogP contribution in [0.15, 0.2) is 30.3 Å². The van der Waals surface area contributed by atoms with Crippen molar-refractivity contribution in [3.63, 3.8) is 0 Å². The van der Waals surface area contributed by atoms with Crippen LogP contribution in [0.1, 0.15) is 46.6 Å². The van der Waals surface area contributed by atoms with E-state index < -0.39 is 0 Å². The Labute approximate surface area is 148 Å². The maximum absolute atomic E-state index is 2.61. The Hall–Kier alpha value is -0.510. The largest absolute Gasteiger partial charge is 0.300 e. The van der Waals surface area contributed by atoms with Crippen molar-refractivity contribution >= 4 is 11.8 Å². The van der Waals surface area contributed by atoms with Crippen LogP contribution >= 0.6 is 11.8 Å². The lowest BCUT2D eigenvalue weighted by Crippen LogP contribution is -2.46. The molecule has 0 aromatic heterocycles. The molecule has 0 bridgehead atoms. The van der Waals surface area contributed by atoms with Gasteiger partial charge in [0.15, 0.2) is 0 Å². The van der Waals surface area contributed by atoms with Crippen molar-refractivity contribution in [2.45, 2.75) is 52.3 Å². The van der Waals surface area contributed by atoms with Gasteiger partial charge in [0.05, 0.1) is 0 Å². The monoisotopic (exact) mass is 336 g/mol. The number of rotatable bonds is 5. The molecule has 0 unspecified atom stereocenters. The van der Waals surface area contributed by atoms with Gasteiger partial charge < -0.3 is 0 Å². The molecule has 132 valence electrons. The summed E-state index contributed by atoms with van der Waals surface area (Å²) in [5, 5.41) is 0. The summed E-state index contributed by atoms with van der Waals surface area (Å²) in [6, 6.07) is 10.8. The number of hydrogen-bond acceptors (Lipinski definition) is 3. The fourth-order valence-electron chi connectivity index (χ4n) is 2.49. The highest BCUT2D eigenvalue weighted by Crippen LogP contribution is 2.23. The summed E-state index contributed by atoms with van der Waals surface area (Å²) in [6.07, 6.45) is 1.25. The molecule has 1 aromatic rings. The molecular weight excluding hydrogens is 300 g/mol. The first kappa shape index (κ1) is 20.5. The molecule has 0 N–H and O–H groups in total. The van der Waals surface area contributed by atoms with E-state index in [-0.39, 0.29) is 0 Å². The average molecular weight is 337 g/mol. The van der Waals surface area contributed by atoms with Crippen molar-refractivity contribution in [1.29, 1.82) is 0 Å². The van der Waals surface area contributed by atoms with E-state index >= 15 is 0 Å². The van der Waals surface area contributed by atoms with Crippen LogP contribution in [0.2, 0.25) is 0 Å². The van der Waals surface area contributed by atoms with E-state index in [0.29, 0.717) is 4.75 Å². The summed E-state index contributed by atoms with van der Waals surface area (Å²) in [5.41, 5.74) is 1.43. The van der Waals surface area contributed by atoms with E-state index in [2.05, 4.69) is 86.5 Å². The second kappa shape index (κ2) is 11.1. The van der Waals surface area contributed by atoms with E-state index in [9.17, 15) is 0 Å². The number of nitrogens with zero attached hydrogens (tertiary/aromatic N) is 2. The van der Waals surface area contributed by atoms with Gasteiger partial charge in [0.1, 0.15) is 0 Å². The Bertz CT molecular complexity index is 392. The van der Waals surface area contributed by atoms with Crippen LogP contribution in [-0.2, 0) is 6.54 Å². The molecule has 1 heterocycles. The summed E-state index contributed by atoms with van der Waals surface area (Å²) in [4.78, 5) is 5.18. The van der Waals surface area contributed by atoms with Gasteiger partial charge in [-0.3, -0.25) is 9.80 Å². The van der Waals surface area contributed by atoms with Gasteiger partial charge in [-0.25, -0.2) is 0 Å². The predicted molar refractivity (Wildman–Crippen MR) is 106 cm³/mol. The minimum absolute atomic E-state index is 0.398. The van der Waals surface area contributed by atoms with Crippen molar-refractivity contribution in [2.75, 3.05) is 38.5 Å². The van der Waals surface area contributed by atoms with Crippen LogP contribution in [0.3, 0.4) is 0 Å². The molecule has 1 aliphatic rings. The lowest BCUT2D eigenvalue weighted by atomic mass is 10.2. The molecule has 2 nitrogen and oxygen atoms in total. The van der Waals surface area contributed by atoms with Crippen molar-refractivity contribution in [1.82, 2.24) is 9.80 Å². The van der Waals surface area contributed by atoms with E-state index in [0.717, 1.165) is 6.54 Å². The van der Waals surface area contributed by atoms with Crippen molar-refractivity contribution < 1.29 is 0 Å². The van der Waals surface area contributed by atoms with Crippen LogP contribution in [-0.4, -0.2) is 53.0 Å². The topological polar surface area (TPSA) is 6.48 Å². The molecule has 23 heavy (non-hydrogen) atoms. The van der Waals surface area contributed by atoms with Gasteiger partial charge in [-0.1, -0.05) is 71.4 Å². The summed E-state index contributed by atoms with van der Waals surface area (Å²) >= 11 is 2.08. The summed E-state index contributed by atoms with van der Waals surface area (Å²) in [6.45, 7) is 18.3. The van der Waals surface area contributed by atoms with Crippen molar-refractivity contribution in [3.8, 4) is 0 Å². The minimum atomic E-state index is 0.398. The van der Waals surface area contributed by atoms with Gasteiger partial charge >= 0.3 is 0 Å². The molecule has 2 rings (SSSR count). The number of piperazine rings is 1. The number of hydrogen-bond donors (Lipinski definition) is 0. The van der Waals surface area contributed by atoms with Gasteiger partial charge in [0.2, 0.25) is 0 Å². The number of thioether (sulfide) groups is 1. The fourth-order valence-corrected chi connectivity index (χ4v) is 3.46. The van der Waals surface area contributed by atoms with Crippen LogP contribution in [0.25, 0.3) is 0 Å². The average Bonchev–Trinajstić information content (AvgIpc) is 2.50. The van der Waals surface area contributed by atoms with Gasteiger partial charge in [-0.05, 0) is 5.56 Å². The van der Waals surface area contributed by atoms with Gasteiger partial charge in [0, 0.05) is 49.8 Å². The second-order valence-corrected chi connectivity index (χ2v) is 9.19. The molecule has 1 fully saturated rings. The van der Waals surface area contributed by atoms with Crippen LogP contribution in [0, 0.1) is 0 Å². The first-order valence-electron chi connectivity index (χ1n) is 9.07. The second-order valence-electron chi connectivity index (χ2n) is 7.27. The maximum Gasteiger partial charge on any atom is 0.0234 e. The molecule has 0 saturated carbocycles. The highest BCUT2D eigenvalue weighted by molar-refractivity contribution is 8.00. The van der Waals surface area contributed by atoms with Gasteiger partial charge in [0.25, 0.3) is 0 Å². The molecular formula is C20H36N2S. The lowest BCUT2D eigenvalue weighted by Gasteiger charge is -2.35. The third-order valence-electron chi connectivity index (χ3n) is 3.66. The van der Waals surface area contributed by atoms with E-state index in [1.165, 1.54) is 50.5 Å². The Morgan fingerprint density at radius 3 is 1.96 bits per heavy atom. The minimum Gasteiger partial charge on any atom is -0.300 e. The highest BCUT2D eigenvalue weighted by Gasteiger charge is 2.17. The zero-order chi connectivity index (χ0) is 17.1. The van der Waals surface area contributed by atoms with Gasteiger partial charge in [-0.2, -0.15) is 11.8 Å². The summed E-state index contributed by atoms with van der Waals surface area (Å²) in [5.74, 6) is 1.25. The molecule has 0 aliphatic carbocycles. The SMILES string of the molecule is CC(C)(C)SCCN1CCN(Cc2ccccc2)CC1.CCC. The Balaban J connectivity index is 0.000000816. The molecule has 1 aromatic carbocycles. The van der Waals surface area contributed by atoms with Crippen molar-refractivity contribution in [2.24, 2.45) is 0 Å². The van der Waals surface area contributed by atoms with E-state index in [4.69, 9.17) is 0 Å². The molecule has 1 saturated heterocycles. The Morgan fingerprint density at radius 2 is 1.43 bits per heavy atom. The smallest absolute Gasteiger partial charge is 0.0234 e. The molecule has 0 spiro atoms. The zero-order valence-electron chi connectivity index (χ0n) is 15.8. The molecule has 0 amide bonds. The summed E-state index contributed by atoms with van der Waals surface area (Å²) in [7, 11) is 0. The lowest BCUT2D eigenvalue weighted by molar-refractivity contribution is 0.133. The normalized spacial score (nSPS) is 16.7. The zero-order valence-corrected chi connectivity index (χ0v) is 16.7. The Kier molecular flexibility index (Phi) is 9.92. The maximum atomic E-state index is 2.61. The Morgan fingerprint density at radius 1 is 0.913 bits per heavy atom. The van der Waals surface area contributed by atoms with Crippen LogP contribution in [0.5, 0.6) is 0 Å². The third-order valence-corrected chi connectivity index (χ3v) is 4.91. The predicted octanol–water partition coefficient (Wildman–Crippen LogP) is 4.75. The first-order valence-corrected chi connectivity index (χ1v) is 10.1. The van der Waals surface area contributed by atoms with E-state index in [1.807, 2.05) is 0 Å². The quantitative estimate of drug-likeness (QED) is 0.766. The summed E-state index contributed by atoms with van der Waals surface area (Å²) < 4.78 is 0.398. The van der Waals surface area contributed by atoms with Gasteiger partial charge in [-0.15, -0.1) is 0 Å². The molecule has 1 aliphatic heterocycles. The van der Waals surface area contributed by atoms with Crippen LogP contribution in [0.4, 0.5) is 0 Å². The first-order chi connectivity index (χ1) is 10.9. The third kappa shape index (κ3) is 10.1. The number of benzene rings is 1.